The van der Waals surface area contributed by atoms with Gasteiger partial charge in [0.1, 0.15) is 10.8 Å². The number of ether oxygens (including phenoxy) is 2. The number of hydrogen-bond donors (Lipinski definition) is 0. The first-order valence-electron chi connectivity index (χ1n) is 8.15. The quantitative estimate of drug-likeness (QED) is 0.499. The molecule has 1 aromatic heterocycles. The monoisotopic (exact) mass is 389 g/mol. The second-order valence-electron chi connectivity index (χ2n) is 5.69. The molecule has 0 saturated carbocycles. The van der Waals surface area contributed by atoms with E-state index in [4.69, 9.17) is 14.5 Å². The highest BCUT2D eigenvalue weighted by molar-refractivity contribution is 7.98. The number of thiazole rings is 1. The molecule has 26 heavy (non-hydrogen) atoms. The largest absolute Gasteiger partial charge is 0.493 e. The summed E-state index contributed by atoms with van der Waals surface area (Å²) in [6.45, 7) is 2.12. The number of para-hydroxylation sites is 1. The summed E-state index contributed by atoms with van der Waals surface area (Å²) in [5, 5.41) is 3.25. The fourth-order valence-corrected chi connectivity index (χ4v) is 4.46. The molecule has 0 bridgehead atoms. The van der Waals surface area contributed by atoms with E-state index in [2.05, 4.69) is 12.3 Å². The lowest BCUT2D eigenvalue weighted by atomic mass is 10.2. The van der Waals surface area contributed by atoms with Gasteiger partial charge in [0, 0.05) is 16.4 Å². The topological polar surface area (TPSA) is 31.4 Å². The number of benzene rings is 2. The second kappa shape index (κ2) is 8.56. The summed E-state index contributed by atoms with van der Waals surface area (Å²) in [4.78, 5) is 4.75. The van der Waals surface area contributed by atoms with Crippen LogP contribution in [0, 0.1) is 5.82 Å². The Morgan fingerprint density at radius 2 is 1.88 bits per heavy atom. The first-order valence-corrected chi connectivity index (χ1v) is 10.1. The van der Waals surface area contributed by atoms with Crippen LogP contribution in [0.25, 0.3) is 10.6 Å². The van der Waals surface area contributed by atoms with Gasteiger partial charge >= 0.3 is 0 Å². The molecular weight excluding hydrogens is 369 g/mol. The number of aromatic nitrogens is 1. The van der Waals surface area contributed by atoms with Gasteiger partial charge in [0.25, 0.3) is 0 Å². The highest BCUT2D eigenvalue weighted by atomic mass is 32.2. The van der Waals surface area contributed by atoms with Crippen molar-refractivity contribution in [2.24, 2.45) is 0 Å². The molecule has 0 amide bonds. The predicted octanol–water partition coefficient (Wildman–Crippen LogP) is 5.96. The van der Waals surface area contributed by atoms with Crippen LogP contribution >= 0.6 is 23.1 Å². The van der Waals surface area contributed by atoms with Crippen molar-refractivity contribution in [2.75, 3.05) is 14.2 Å². The zero-order valence-corrected chi connectivity index (χ0v) is 16.5. The molecule has 0 saturated heterocycles. The van der Waals surface area contributed by atoms with Crippen LogP contribution in [0.5, 0.6) is 11.5 Å². The maximum Gasteiger partial charge on any atom is 0.170 e. The van der Waals surface area contributed by atoms with Gasteiger partial charge in [0.2, 0.25) is 0 Å². The Morgan fingerprint density at radius 3 is 2.58 bits per heavy atom. The van der Waals surface area contributed by atoms with E-state index in [9.17, 15) is 4.39 Å². The molecular formula is C20H20FNO2S2. The van der Waals surface area contributed by atoms with Gasteiger partial charge in [-0.1, -0.05) is 18.2 Å². The van der Waals surface area contributed by atoms with Gasteiger partial charge in [-0.15, -0.1) is 23.1 Å². The van der Waals surface area contributed by atoms with Crippen LogP contribution < -0.4 is 9.47 Å². The van der Waals surface area contributed by atoms with Crippen LogP contribution in [-0.2, 0) is 5.75 Å². The number of nitrogens with zero attached hydrogens (tertiary/aromatic N) is 1. The van der Waals surface area contributed by atoms with Crippen molar-refractivity contribution in [3.8, 4) is 22.1 Å². The van der Waals surface area contributed by atoms with E-state index >= 15 is 0 Å². The summed E-state index contributed by atoms with van der Waals surface area (Å²) in [6, 6.07) is 12.5. The van der Waals surface area contributed by atoms with Gasteiger partial charge in [0.15, 0.2) is 11.5 Å². The molecule has 0 aliphatic rings. The van der Waals surface area contributed by atoms with Gasteiger partial charge in [-0.25, -0.2) is 9.37 Å². The Labute approximate surface area is 161 Å². The van der Waals surface area contributed by atoms with Gasteiger partial charge in [-0.3, -0.25) is 0 Å². The van der Waals surface area contributed by atoms with Crippen molar-refractivity contribution in [1.82, 2.24) is 4.98 Å². The minimum Gasteiger partial charge on any atom is -0.493 e. The molecule has 1 heterocycles. The SMILES string of the molecule is COc1cccc(-c2nc(CSC(C)c3ccc(F)cc3)cs2)c1OC. The van der Waals surface area contributed by atoms with Crippen LogP contribution in [0.1, 0.15) is 23.4 Å². The van der Waals surface area contributed by atoms with Gasteiger partial charge in [-0.2, -0.15) is 0 Å². The second-order valence-corrected chi connectivity index (χ2v) is 7.88. The fraction of sp³-hybridized carbons (Fsp3) is 0.250. The summed E-state index contributed by atoms with van der Waals surface area (Å²) in [7, 11) is 3.26. The normalized spacial score (nSPS) is 12.0. The van der Waals surface area contributed by atoms with Crippen LogP contribution in [0.3, 0.4) is 0 Å². The predicted molar refractivity (Wildman–Crippen MR) is 107 cm³/mol. The smallest absolute Gasteiger partial charge is 0.170 e. The molecule has 2 aromatic carbocycles. The lowest BCUT2D eigenvalue weighted by Crippen LogP contribution is -1.93. The number of halogens is 1. The highest BCUT2D eigenvalue weighted by Crippen LogP contribution is 2.39. The van der Waals surface area contributed by atoms with Crippen LogP contribution in [0.2, 0.25) is 0 Å². The first kappa shape index (κ1) is 18.7. The lowest BCUT2D eigenvalue weighted by molar-refractivity contribution is 0.356. The third-order valence-electron chi connectivity index (χ3n) is 4.01. The van der Waals surface area contributed by atoms with Gasteiger partial charge in [0.05, 0.1) is 25.5 Å². The molecule has 3 rings (SSSR count). The average Bonchev–Trinajstić information content (AvgIpc) is 3.14. The van der Waals surface area contributed by atoms with E-state index in [0.29, 0.717) is 11.5 Å². The molecule has 0 aliphatic heterocycles. The summed E-state index contributed by atoms with van der Waals surface area (Å²) in [5.41, 5.74) is 3.06. The molecule has 0 aliphatic carbocycles. The maximum atomic E-state index is 13.0. The lowest BCUT2D eigenvalue weighted by Gasteiger charge is -2.11. The van der Waals surface area contributed by atoms with Crippen molar-refractivity contribution in [3.63, 3.8) is 0 Å². The van der Waals surface area contributed by atoms with E-state index in [1.54, 1.807) is 37.3 Å². The van der Waals surface area contributed by atoms with Crippen molar-refractivity contribution < 1.29 is 13.9 Å². The maximum absolute atomic E-state index is 13.0. The molecule has 0 N–H and O–H groups in total. The molecule has 136 valence electrons. The van der Waals surface area contributed by atoms with Gasteiger partial charge < -0.3 is 9.47 Å². The standard InChI is InChI=1S/C20H20FNO2S2/c1-13(14-7-9-15(21)10-8-14)25-11-16-12-26-20(22-16)17-5-4-6-18(23-2)19(17)24-3/h4-10,12-13H,11H2,1-3H3. The Hall–Kier alpha value is -2.05. The zero-order chi connectivity index (χ0) is 18.5. The average molecular weight is 390 g/mol. The van der Waals surface area contributed by atoms with Crippen LogP contribution in [0.4, 0.5) is 4.39 Å². The molecule has 0 fully saturated rings. The van der Waals surface area contributed by atoms with Gasteiger partial charge in [-0.05, 0) is 36.8 Å². The molecule has 6 heteroatoms. The third-order valence-corrected chi connectivity index (χ3v) is 6.16. The fourth-order valence-electron chi connectivity index (χ4n) is 2.59. The van der Waals surface area contributed by atoms with Crippen LogP contribution in [-0.4, -0.2) is 19.2 Å². The summed E-state index contributed by atoms with van der Waals surface area (Å²) in [6.07, 6.45) is 0. The van der Waals surface area contributed by atoms with E-state index in [1.807, 2.05) is 30.3 Å². The number of methoxy groups -OCH3 is 2. The summed E-state index contributed by atoms with van der Waals surface area (Å²) >= 11 is 3.37. The summed E-state index contributed by atoms with van der Waals surface area (Å²) < 4.78 is 23.9. The van der Waals surface area contributed by atoms with E-state index < -0.39 is 0 Å². The molecule has 3 nitrogen and oxygen atoms in total. The number of rotatable bonds is 7. The Balaban J connectivity index is 1.71. The number of thioether (sulfide) groups is 1. The minimum atomic E-state index is -0.206. The summed E-state index contributed by atoms with van der Waals surface area (Å²) in [5.74, 6) is 1.98. The zero-order valence-electron chi connectivity index (χ0n) is 14.9. The van der Waals surface area contributed by atoms with Crippen LogP contribution in [0.15, 0.2) is 47.8 Å². The van der Waals surface area contributed by atoms with Crippen molar-refractivity contribution in [2.45, 2.75) is 17.9 Å². The molecule has 0 radical (unpaired) electrons. The highest BCUT2D eigenvalue weighted by Gasteiger charge is 2.15. The Morgan fingerprint density at radius 1 is 1.12 bits per heavy atom. The molecule has 1 unspecified atom stereocenters. The van der Waals surface area contributed by atoms with E-state index in [0.717, 1.165) is 27.6 Å². The Bertz CT molecular complexity index is 865. The number of hydrogen-bond acceptors (Lipinski definition) is 5. The van der Waals surface area contributed by atoms with E-state index in [-0.39, 0.29) is 11.1 Å². The van der Waals surface area contributed by atoms with Crippen molar-refractivity contribution in [3.05, 3.63) is 64.9 Å². The molecule has 3 aromatic rings. The van der Waals surface area contributed by atoms with Crippen molar-refractivity contribution >= 4 is 23.1 Å². The van der Waals surface area contributed by atoms with E-state index in [1.165, 1.54) is 12.1 Å². The first-order chi connectivity index (χ1) is 12.6. The molecule has 1 atom stereocenters. The molecule has 0 spiro atoms. The van der Waals surface area contributed by atoms with Crippen molar-refractivity contribution in [1.29, 1.82) is 0 Å². The third kappa shape index (κ3) is 4.19. The minimum absolute atomic E-state index is 0.206. The Kier molecular flexibility index (Phi) is 6.16.